The van der Waals surface area contributed by atoms with E-state index in [0.29, 0.717) is 6.54 Å². The summed E-state index contributed by atoms with van der Waals surface area (Å²) in [6.45, 7) is 6.48. The average Bonchev–Trinajstić information content (AvgIpc) is 2.76. The highest BCUT2D eigenvalue weighted by Crippen LogP contribution is 2.20. The van der Waals surface area contributed by atoms with Crippen molar-refractivity contribution >= 4 is 15.9 Å². The van der Waals surface area contributed by atoms with Crippen molar-refractivity contribution in [2.45, 2.75) is 33.4 Å². The van der Waals surface area contributed by atoms with E-state index in [1.165, 1.54) is 6.07 Å². The minimum atomic E-state index is -0.216. The summed E-state index contributed by atoms with van der Waals surface area (Å²) >= 11 is 3.47. The molecule has 108 valence electrons. The third kappa shape index (κ3) is 3.67. The van der Waals surface area contributed by atoms with Gasteiger partial charge in [-0.05, 0) is 43.7 Å². The molecule has 3 nitrogen and oxygen atoms in total. The molecule has 0 radical (unpaired) electrons. The van der Waals surface area contributed by atoms with Crippen LogP contribution in [0.5, 0.6) is 0 Å². The van der Waals surface area contributed by atoms with Crippen molar-refractivity contribution in [3.63, 3.8) is 0 Å². The largest absolute Gasteiger partial charge is 0.327 e. The zero-order valence-electron chi connectivity index (χ0n) is 11.8. The topological polar surface area (TPSA) is 29.9 Å². The maximum atomic E-state index is 13.4. The van der Waals surface area contributed by atoms with Crippen LogP contribution >= 0.6 is 15.9 Å². The fourth-order valence-electron chi connectivity index (χ4n) is 2.10. The highest BCUT2D eigenvalue weighted by atomic mass is 79.9. The molecule has 0 unspecified atom stereocenters. The summed E-state index contributed by atoms with van der Waals surface area (Å²) in [5.41, 5.74) is 2.04. The first kappa shape index (κ1) is 15.2. The second-order valence-electron chi connectivity index (χ2n) is 4.80. The van der Waals surface area contributed by atoms with Crippen molar-refractivity contribution < 1.29 is 4.39 Å². The minimum absolute atomic E-state index is 0.216. The van der Waals surface area contributed by atoms with Gasteiger partial charge in [0, 0.05) is 17.2 Å². The van der Waals surface area contributed by atoms with Crippen molar-refractivity contribution in [3.05, 3.63) is 51.8 Å². The molecule has 2 rings (SSSR count). The Bertz CT molecular complexity index is 580. The number of aryl methyl sites for hydroxylation is 1. The Morgan fingerprint density at radius 2 is 2.20 bits per heavy atom. The van der Waals surface area contributed by atoms with E-state index in [9.17, 15) is 4.39 Å². The maximum Gasteiger partial charge on any atom is 0.123 e. The Morgan fingerprint density at radius 3 is 2.95 bits per heavy atom. The maximum absolute atomic E-state index is 13.4. The van der Waals surface area contributed by atoms with E-state index in [0.717, 1.165) is 41.1 Å². The molecule has 0 aliphatic carbocycles. The van der Waals surface area contributed by atoms with Gasteiger partial charge in [-0.15, -0.1) is 0 Å². The molecule has 0 atom stereocenters. The van der Waals surface area contributed by atoms with Crippen LogP contribution in [0.2, 0.25) is 0 Å². The number of nitrogens with zero attached hydrogens (tertiary/aromatic N) is 2. The lowest BCUT2D eigenvalue weighted by atomic mass is 10.2. The number of halogens is 2. The summed E-state index contributed by atoms with van der Waals surface area (Å²) in [5, 5.41) is 3.37. The summed E-state index contributed by atoms with van der Waals surface area (Å²) in [6.07, 6.45) is 2.98. The first-order valence-corrected chi connectivity index (χ1v) is 7.56. The van der Waals surface area contributed by atoms with Crippen LogP contribution < -0.4 is 5.32 Å². The van der Waals surface area contributed by atoms with E-state index in [1.54, 1.807) is 12.1 Å². The molecule has 0 aliphatic rings. The number of hydrogen-bond acceptors (Lipinski definition) is 2. The summed E-state index contributed by atoms with van der Waals surface area (Å²) in [7, 11) is 0. The molecule has 1 aromatic carbocycles. The number of nitrogens with one attached hydrogen (secondary N) is 1. The Labute approximate surface area is 127 Å². The van der Waals surface area contributed by atoms with E-state index in [1.807, 2.05) is 13.1 Å². The normalized spacial score (nSPS) is 11.0. The highest BCUT2D eigenvalue weighted by Gasteiger charge is 2.09. The Hall–Kier alpha value is -1.20. The second-order valence-corrected chi connectivity index (χ2v) is 5.65. The molecule has 0 amide bonds. The van der Waals surface area contributed by atoms with Crippen LogP contribution in [0.15, 0.2) is 28.9 Å². The van der Waals surface area contributed by atoms with Crippen LogP contribution in [0.1, 0.15) is 30.4 Å². The van der Waals surface area contributed by atoms with Gasteiger partial charge in [0.15, 0.2) is 0 Å². The number of imidazole rings is 1. The summed E-state index contributed by atoms with van der Waals surface area (Å²) in [5.74, 6) is 0.723. The van der Waals surface area contributed by atoms with Crippen molar-refractivity contribution in [2.24, 2.45) is 0 Å². The van der Waals surface area contributed by atoms with Gasteiger partial charge in [0.25, 0.3) is 0 Å². The predicted octanol–water partition coefficient (Wildman–Crippen LogP) is 3.64. The summed E-state index contributed by atoms with van der Waals surface area (Å²) in [4.78, 5) is 4.36. The van der Waals surface area contributed by atoms with Gasteiger partial charge in [0.1, 0.15) is 11.6 Å². The predicted molar refractivity (Wildman–Crippen MR) is 82.2 cm³/mol. The molecule has 0 saturated heterocycles. The van der Waals surface area contributed by atoms with Gasteiger partial charge in [-0.3, -0.25) is 0 Å². The van der Waals surface area contributed by atoms with E-state index < -0.39 is 0 Å². The van der Waals surface area contributed by atoms with Crippen molar-refractivity contribution in [1.29, 1.82) is 0 Å². The number of benzene rings is 1. The quantitative estimate of drug-likeness (QED) is 0.814. The SMILES string of the molecule is CCCNCc1cnc(C)n1Cc1cc(F)ccc1Br. The van der Waals surface area contributed by atoms with Crippen LogP contribution in [0, 0.1) is 12.7 Å². The van der Waals surface area contributed by atoms with Gasteiger partial charge in [-0.1, -0.05) is 22.9 Å². The lowest BCUT2D eigenvalue weighted by molar-refractivity contribution is 0.610. The van der Waals surface area contributed by atoms with Crippen LogP contribution in [0.4, 0.5) is 4.39 Å². The molecule has 0 aliphatic heterocycles. The standard InChI is InChI=1S/C15H19BrFN3/c1-3-6-18-8-14-9-19-11(2)20(14)10-12-7-13(17)4-5-15(12)16/h4-5,7,9,18H,3,6,8,10H2,1-2H3. The lowest BCUT2D eigenvalue weighted by Gasteiger charge is -2.12. The molecule has 0 bridgehead atoms. The fourth-order valence-corrected chi connectivity index (χ4v) is 2.47. The van der Waals surface area contributed by atoms with Gasteiger partial charge in [0.05, 0.1) is 12.2 Å². The Kier molecular flexibility index (Phi) is 5.31. The molecular weight excluding hydrogens is 321 g/mol. The fraction of sp³-hybridized carbons (Fsp3) is 0.400. The van der Waals surface area contributed by atoms with Gasteiger partial charge in [-0.25, -0.2) is 9.37 Å². The molecule has 0 fully saturated rings. The Morgan fingerprint density at radius 1 is 1.40 bits per heavy atom. The molecule has 1 heterocycles. The average molecular weight is 340 g/mol. The molecule has 0 saturated carbocycles. The van der Waals surface area contributed by atoms with Crippen molar-refractivity contribution in [2.75, 3.05) is 6.54 Å². The Balaban J connectivity index is 2.19. The monoisotopic (exact) mass is 339 g/mol. The molecule has 1 N–H and O–H groups in total. The first-order chi connectivity index (χ1) is 9.61. The second kappa shape index (κ2) is 6.99. The van der Waals surface area contributed by atoms with E-state index >= 15 is 0 Å². The van der Waals surface area contributed by atoms with Crippen LogP contribution in [0.25, 0.3) is 0 Å². The van der Waals surface area contributed by atoms with Crippen LogP contribution in [-0.4, -0.2) is 16.1 Å². The zero-order valence-corrected chi connectivity index (χ0v) is 13.4. The molecular formula is C15H19BrFN3. The third-order valence-corrected chi connectivity index (χ3v) is 3.98. The van der Waals surface area contributed by atoms with E-state index in [4.69, 9.17) is 0 Å². The molecule has 2 aromatic rings. The lowest BCUT2D eigenvalue weighted by Crippen LogP contribution is -2.17. The third-order valence-electron chi connectivity index (χ3n) is 3.21. The zero-order chi connectivity index (χ0) is 14.5. The van der Waals surface area contributed by atoms with Gasteiger partial charge < -0.3 is 9.88 Å². The van der Waals surface area contributed by atoms with Gasteiger partial charge in [0.2, 0.25) is 0 Å². The summed E-state index contributed by atoms with van der Waals surface area (Å²) in [6, 6.07) is 4.76. The minimum Gasteiger partial charge on any atom is -0.327 e. The number of rotatable bonds is 6. The van der Waals surface area contributed by atoms with Gasteiger partial charge >= 0.3 is 0 Å². The molecule has 5 heteroatoms. The number of aromatic nitrogens is 2. The number of hydrogen-bond donors (Lipinski definition) is 1. The molecule has 20 heavy (non-hydrogen) atoms. The van der Waals surface area contributed by atoms with Crippen LogP contribution in [-0.2, 0) is 13.1 Å². The summed E-state index contributed by atoms with van der Waals surface area (Å²) < 4.78 is 16.4. The van der Waals surface area contributed by atoms with E-state index in [2.05, 4.69) is 37.7 Å². The smallest absolute Gasteiger partial charge is 0.123 e. The highest BCUT2D eigenvalue weighted by molar-refractivity contribution is 9.10. The van der Waals surface area contributed by atoms with Crippen molar-refractivity contribution in [3.8, 4) is 0 Å². The van der Waals surface area contributed by atoms with Crippen LogP contribution in [0.3, 0.4) is 0 Å². The van der Waals surface area contributed by atoms with E-state index in [-0.39, 0.29) is 5.82 Å². The molecule has 0 spiro atoms. The first-order valence-electron chi connectivity index (χ1n) is 6.77. The van der Waals surface area contributed by atoms with Gasteiger partial charge in [-0.2, -0.15) is 0 Å². The molecule has 1 aromatic heterocycles. The van der Waals surface area contributed by atoms with Crippen molar-refractivity contribution in [1.82, 2.24) is 14.9 Å².